The maximum Gasteiger partial charge on any atom is 0.242 e. The first-order valence-electron chi connectivity index (χ1n) is 7.44. The SMILES string of the molecule is CC(C)(C)N(C(=O)CCl)c1ccccc1C(=O)c1ccccc1. The minimum atomic E-state index is -0.487. The number of carbonyl (C=O) groups excluding carboxylic acids is 2. The van der Waals surface area contributed by atoms with Gasteiger partial charge in [-0.1, -0.05) is 42.5 Å². The molecule has 0 atom stereocenters. The summed E-state index contributed by atoms with van der Waals surface area (Å²) in [6, 6.07) is 16.2. The van der Waals surface area contributed by atoms with Crippen molar-refractivity contribution in [3.63, 3.8) is 0 Å². The summed E-state index contributed by atoms with van der Waals surface area (Å²) < 4.78 is 0. The van der Waals surface area contributed by atoms with Crippen molar-refractivity contribution in [1.82, 2.24) is 0 Å². The van der Waals surface area contributed by atoms with E-state index in [1.807, 2.05) is 45.0 Å². The van der Waals surface area contributed by atoms with Crippen LogP contribution in [-0.2, 0) is 4.79 Å². The van der Waals surface area contributed by atoms with Crippen LogP contribution in [0.1, 0.15) is 36.7 Å². The zero-order valence-electron chi connectivity index (χ0n) is 13.5. The van der Waals surface area contributed by atoms with Crippen LogP contribution in [0.4, 0.5) is 5.69 Å². The van der Waals surface area contributed by atoms with Gasteiger partial charge in [0.15, 0.2) is 5.78 Å². The molecule has 120 valence electrons. The van der Waals surface area contributed by atoms with Crippen molar-refractivity contribution in [3.05, 3.63) is 65.7 Å². The summed E-state index contributed by atoms with van der Waals surface area (Å²) in [5.41, 5.74) is 1.18. The standard InChI is InChI=1S/C19H20ClNO2/c1-19(2,3)21(17(22)13-20)16-12-8-7-11-15(16)18(23)14-9-5-4-6-10-14/h4-12H,13H2,1-3H3. The van der Waals surface area contributed by atoms with E-state index in [-0.39, 0.29) is 17.6 Å². The summed E-state index contributed by atoms with van der Waals surface area (Å²) in [5.74, 6) is -0.476. The van der Waals surface area contributed by atoms with E-state index in [9.17, 15) is 9.59 Å². The zero-order valence-corrected chi connectivity index (χ0v) is 14.3. The van der Waals surface area contributed by atoms with Gasteiger partial charge in [0.2, 0.25) is 5.91 Å². The fourth-order valence-electron chi connectivity index (χ4n) is 2.54. The van der Waals surface area contributed by atoms with Gasteiger partial charge in [-0.05, 0) is 32.9 Å². The van der Waals surface area contributed by atoms with Crippen LogP contribution in [0.3, 0.4) is 0 Å². The molecule has 2 aromatic carbocycles. The fourth-order valence-corrected chi connectivity index (χ4v) is 2.65. The maximum absolute atomic E-state index is 12.8. The number of anilines is 1. The van der Waals surface area contributed by atoms with Crippen molar-refractivity contribution < 1.29 is 9.59 Å². The largest absolute Gasteiger partial charge is 0.305 e. The minimum Gasteiger partial charge on any atom is -0.305 e. The lowest BCUT2D eigenvalue weighted by atomic mass is 9.97. The molecule has 0 N–H and O–H groups in total. The predicted molar refractivity (Wildman–Crippen MR) is 94.3 cm³/mol. The van der Waals surface area contributed by atoms with E-state index in [2.05, 4.69) is 0 Å². The molecule has 2 aromatic rings. The van der Waals surface area contributed by atoms with Crippen molar-refractivity contribution >= 4 is 29.0 Å². The summed E-state index contributed by atoms with van der Waals surface area (Å²) in [7, 11) is 0. The van der Waals surface area contributed by atoms with Crippen LogP contribution in [0.5, 0.6) is 0 Å². The quantitative estimate of drug-likeness (QED) is 0.620. The smallest absolute Gasteiger partial charge is 0.242 e. The molecule has 1 amide bonds. The lowest BCUT2D eigenvalue weighted by molar-refractivity contribution is -0.117. The first-order valence-corrected chi connectivity index (χ1v) is 7.97. The summed E-state index contributed by atoms with van der Waals surface area (Å²) in [5, 5.41) is 0. The highest BCUT2D eigenvalue weighted by atomic mass is 35.5. The number of halogens is 1. The molecule has 0 saturated heterocycles. The first-order chi connectivity index (χ1) is 10.9. The highest BCUT2D eigenvalue weighted by molar-refractivity contribution is 6.30. The molecule has 0 aromatic heterocycles. The Labute approximate surface area is 141 Å². The number of benzene rings is 2. The van der Waals surface area contributed by atoms with Crippen molar-refractivity contribution in [2.45, 2.75) is 26.3 Å². The summed E-state index contributed by atoms with van der Waals surface area (Å²) >= 11 is 5.78. The number of hydrogen-bond acceptors (Lipinski definition) is 2. The van der Waals surface area contributed by atoms with Gasteiger partial charge in [0.25, 0.3) is 0 Å². The van der Waals surface area contributed by atoms with E-state index < -0.39 is 5.54 Å². The molecule has 0 radical (unpaired) electrons. The van der Waals surface area contributed by atoms with Crippen LogP contribution in [0.15, 0.2) is 54.6 Å². The van der Waals surface area contributed by atoms with Crippen molar-refractivity contribution in [2.24, 2.45) is 0 Å². The lowest BCUT2D eigenvalue weighted by Crippen LogP contribution is -2.47. The molecule has 0 fully saturated rings. The molecule has 3 nitrogen and oxygen atoms in total. The highest BCUT2D eigenvalue weighted by Crippen LogP contribution is 2.29. The molecular weight excluding hydrogens is 310 g/mol. The van der Waals surface area contributed by atoms with Gasteiger partial charge in [0, 0.05) is 16.7 Å². The third-order valence-electron chi connectivity index (χ3n) is 3.46. The molecule has 0 aliphatic carbocycles. The Morgan fingerprint density at radius 1 is 0.957 bits per heavy atom. The van der Waals surface area contributed by atoms with E-state index >= 15 is 0 Å². The van der Waals surface area contributed by atoms with Gasteiger partial charge in [-0.25, -0.2) is 0 Å². The van der Waals surface area contributed by atoms with Gasteiger partial charge in [-0.3, -0.25) is 9.59 Å². The van der Waals surface area contributed by atoms with Crippen molar-refractivity contribution in [2.75, 3.05) is 10.8 Å². The molecule has 0 spiro atoms. The van der Waals surface area contributed by atoms with Crippen molar-refractivity contribution in [1.29, 1.82) is 0 Å². The van der Waals surface area contributed by atoms with E-state index in [0.29, 0.717) is 16.8 Å². The number of rotatable bonds is 4. The predicted octanol–water partition coefficient (Wildman–Crippen LogP) is 4.29. The van der Waals surface area contributed by atoms with Crippen LogP contribution in [-0.4, -0.2) is 23.1 Å². The Morgan fingerprint density at radius 3 is 2.09 bits per heavy atom. The molecule has 23 heavy (non-hydrogen) atoms. The second kappa shape index (κ2) is 6.97. The number of alkyl halides is 1. The second-order valence-electron chi connectivity index (χ2n) is 6.25. The van der Waals surface area contributed by atoms with Crippen LogP contribution < -0.4 is 4.90 Å². The Kier molecular flexibility index (Phi) is 5.22. The number of carbonyl (C=O) groups is 2. The van der Waals surface area contributed by atoms with Crippen molar-refractivity contribution in [3.8, 4) is 0 Å². The third kappa shape index (κ3) is 3.80. The van der Waals surface area contributed by atoms with Gasteiger partial charge in [0.05, 0.1) is 5.69 Å². The van der Waals surface area contributed by atoms with E-state index in [1.54, 1.807) is 35.2 Å². The Hall–Kier alpha value is -2.13. The lowest BCUT2D eigenvalue weighted by Gasteiger charge is -2.36. The molecule has 0 heterocycles. The molecule has 2 rings (SSSR count). The van der Waals surface area contributed by atoms with Gasteiger partial charge in [0.1, 0.15) is 5.88 Å². The van der Waals surface area contributed by atoms with E-state index in [4.69, 9.17) is 11.6 Å². The number of nitrogens with zero attached hydrogens (tertiary/aromatic N) is 1. The summed E-state index contributed by atoms with van der Waals surface area (Å²) in [6.45, 7) is 5.75. The number of amides is 1. The van der Waals surface area contributed by atoms with Crippen LogP contribution >= 0.6 is 11.6 Å². The maximum atomic E-state index is 12.8. The average molecular weight is 330 g/mol. The average Bonchev–Trinajstić information content (AvgIpc) is 2.54. The normalized spacial score (nSPS) is 11.1. The molecule has 0 aliphatic heterocycles. The minimum absolute atomic E-state index is 0.113. The van der Waals surface area contributed by atoms with Crippen LogP contribution in [0.25, 0.3) is 0 Å². The topological polar surface area (TPSA) is 37.4 Å². The van der Waals surface area contributed by atoms with E-state index in [1.165, 1.54) is 0 Å². The zero-order chi connectivity index (χ0) is 17.0. The van der Waals surface area contributed by atoms with Gasteiger partial charge in [-0.15, -0.1) is 11.6 Å². The Bertz CT molecular complexity index is 705. The second-order valence-corrected chi connectivity index (χ2v) is 6.51. The third-order valence-corrected chi connectivity index (χ3v) is 3.69. The van der Waals surface area contributed by atoms with Crippen LogP contribution in [0.2, 0.25) is 0 Å². The van der Waals surface area contributed by atoms with Gasteiger partial charge < -0.3 is 4.90 Å². The monoisotopic (exact) mass is 329 g/mol. The number of hydrogen-bond donors (Lipinski definition) is 0. The molecule has 0 bridgehead atoms. The van der Waals surface area contributed by atoms with E-state index in [0.717, 1.165) is 0 Å². The summed E-state index contributed by atoms with van der Waals surface area (Å²) in [6.07, 6.45) is 0. The highest BCUT2D eigenvalue weighted by Gasteiger charge is 2.30. The molecule has 0 saturated carbocycles. The summed E-state index contributed by atoms with van der Waals surface area (Å²) in [4.78, 5) is 26.8. The molecular formula is C19H20ClNO2. The number of ketones is 1. The Morgan fingerprint density at radius 2 is 1.52 bits per heavy atom. The Balaban J connectivity index is 2.56. The van der Waals surface area contributed by atoms with Crippen LogP contribution in [0, 0.1) is 0 Å². The van der Waals surface area contributed by atoms with Gasteiger partial charge in [-0.2, -0.15) is 0 Å². The molecule has 0 aliphatic rings. The van der Waals surface area contributed by atoms with Gasteiger partial charge >= 0.3 is 0 Å². The molecule has 4 heteroatoms. The fraction of sp³-hybridized carbons (Fsp3) is 0.263. The molecule has 0 unspecified atom stereocenters. The number of para-hydroxylation sites is 1. The first kappa shape index (κ1) is 17.2.